The number of nitrogens with one attached hydrogen (secondary N) is 1. The minimum Gasteiger partial charge on any atom is -0.295 e. The summed E-state index contributed by atoms with van der Waals surface area (Å²) in [5, 5.41) is 7.21. The number of nitrogens with zero attached hydrogens (tertiary/aromatic N) is 2. The molecule has 0 amide bonds. The molecular formula is C12H13Br2N3S. The normalized spacial score (nSPS) is 11.8. The van der Waals surface area contributed by atoms with Crippen molar-refractivity contribution in [1.29, 1.82) is 0 Å². The first-order valence-electron chi connectivity index (χ1n) is 5.44. The van der Waals surface area contributed by atoms with E-state index in [1.165, 1.54) is 0 Å². The Labute approximate surface area is 128 Å². The molecule has 0 aliphatic rings. The molecule has 1 heterocycles. The van der Waals surface area contributed by atoms with Gasteiger partial charge in [0.2, 0.25) is 0 Å². The highest BCUT2D eigenvalue weighted by molar-refractivity contribution is 9.11. The lowest BCUT2D eigenvalue weighted by atomic mass is 10.1. The van der Waals surface area contributed by atoms with E-state index in [1.54, 1.807) is 0 Å². The van der Waals surface area contributed by atoms with E-state index in [4.69, 9.17) is 12.2 Å². The molecule has 0 spiro atoms. The Bertz CT molecular complexity index is 638. The molecule has 2 aromatic rings. The van der Waals surface area contributed by atoms with Crippen LogP contribution in [0.15, 0.2) is 27.1 Å². The van der Waals surface area contributed by atoms with Gasteiger partial charge in [-0.15, -0.1) is 0 Å². The molecular weight excluding hydrogens is 378 g/mol. The number of rotatable bonds is 1. The van der Waals surface area contributed by atoms with Gasteiger partial charge in [-0.2, -0.15) is 5.10 Å². The van der Waals surface area contributed by atoms with Crippen LogP contribution >= 0.6 is 44.1 Å². The van der Waals surface area contributed by atoms with Crippen molar-refractivity contribution in [2.75, 3.05) is 0 Å². The SMILES string of the molecule is CC(C)(C)n1c(-c2ccc(Br)cc2Br)n[nH]c1=S. The number of hydrogen-bond donors (Lipinski definition) is 1. The quantitative estimate of drug-likeness (QED) is 0.703. The van der Waals surface area contributed by atoms with Crippen LogP contribution in [0.5, 0.6) is 0 Å². The molecule has 0 fully saturated rings. The summed E-state index contributed by atoms with van der Waals surface area (Å²) < 4.78 is 4.66. The van der Waals surface area contributed by atoms with E-state index in [1.807, 2.05) is 22.8 Å². The number of benzene rings is 1. The first-order chi connectivity index (χ1) is 8.30. The average Bonchev–Trinajstić information content (AvgIpc) is 2.59. The van der Waals surface area contributed by atoms with Gasteiger partial charge in [0.25, 0.3) is 0 Å². The zero-order chi connectivity index (χ0) is 13.5. The van der Waals surface area contributed by atoms with E-state index >= 15 is 0 Å². The van der Waals surface area contributed by atoms with Crippen molar-refractivity contribution >= 4 is 44.1 Å². The van der Waals surface area contributed by atoms with Gasteiger partial charge in [0.05, 0.1) is 0 Å². The lowest BCUT2D eigenvalue weighted by Crippen LogP contribution is -2.23. The van der Waals surface area contributed by atoms with Crippen LogP contribution in [0.4, 0.5) is 0 Å². The van der Waals surface area contributed by atoms with Crippen LogP contribution in [-0.2, 0) is 5.54 Å². The molecule has 1 aromatic carbocycles. The van der Waals surface area contributed by atoms with Gasteiger partial charge in [0.1, 0.15) is 0 Å². The van der Waals surface area contributed by atoms with Crippen LogP contribution in [0.2, 0.25) is 0 Å². The lowest BCUT2D eigenvalue weighted by Gasteiger charge is -2.22. The molecule has 0 unspecified atom stereocenters. The van der Waals surface area contributed by atoms with Crippen LogP contribution in [0.25, 0.3) is 11.4 Å². The largest absolute Gasteiger partial charge is 0.295 e. The van der Waals surface area contributed by atoms with E-state index in [0.29, 0.717) is 4.77 Å². The highest BCUT2D eigenvalue weighted by Gasteiger charge is 2.21. The second kappa shape index (κ2) is 4.90. The van der Waals surface area contributed by atoms with Gasteiger partial charge < -0.3 is 0 Å². The Morgan fingerprint density at radius 1 is 1.28 bits per heavy atom. The Balaban J connectivity index is 2.69. The summed E-state index contributed by atoms with van der Waals surface area (Å²) in [6.45, 7) is 6.32. The number of aromatic nitrogens is 3. The van der Waals surface area contributed by atoms with Crippen molar-refractivity contribution in [3.05, 3.63) is 31.9 Å². The Kier molecular flexibility index (Phi) is 3.80. The molecule has 0 radical (unpaired) electrons. The second-order valence-corrected chi connectivity index (χ2v) is 7.14. The van der Waals surface area contributed by atoms with E-state index < -0.39 is 0 Å². The molecule has 0 aliphatic heterocycles. The molecule has 1 N–H and O–H groups in total. The molecule has 2 rings (SSSR count). The molecule has 0 bridgehead atoms. The summed E-state index contributed by atoms with van der Waals surface area (Å²) in [5.74, 6) is 0.840. The maximum absolute atomic E-state index is 5.31. The molecule has 0 saturated carbocycles. The lowest BCUT2D eigenvalue weighted by molar-refractivity contribution is 0.395. The molecule has 0 saturated heterocycles. The Morgan fingerprint density at radius 3 is 2.50 bits per heavy atom. The minimum absolute atomic E-state index is 0.119. The number of H-pyrrole nitrogens is 1. The first-order valence-corrected chi connectivity index (χ1v) is 7.43. The topological polar surface area (TPSA) is 33.6 Å². The van der Waals surface area contributed by atoms with E-state index in [-0.39, 0.29) is 5.54 Å². The zero-order valence-corrected chi connectivity index (χ0v) is 14.3. The fraction of sp³-hybridized carbons (Fsp3) is 0.333. The molecule has 3 nitrogen and oxygen atoms in total. The third-order valence-electron chi connectivity index (χ3n) is 2.52. The minimum atomic E-state index is -0.119. The summed E-state index contributed by atoms with van der Waals surface area (Å²) in [6.07, 6.45) is 0. The summed E-state index contributed by atoms with van der Waals surface area (Å²) in [7, 11) is 0. The predicted octanol–water partition coefficient (Wildman–Crippen LogP) is 4.89. The molecule has 0 aliphatic carbocycles. The number of halogens is 2. The fourth-order valence-corrected chi connectivity index (χ4v) is 3.40. The maximum Gasteiger partial charge on any atom is 0.195 e. The molecule has 6 heteroatoms. The third kappa shape index (κ3) is 2.60. The van der Waals surface area contributed by atoms with Gasteiger partial charge in [-0.25, -0.2) is 0 Å². The van der Waals surface area contributed by atoms with Gasteiger partial charge in [0, 0.05) is 20.0 Å². The second-order valence-electron chi connectivity index (χ2n) is 4.98. The summed E-state index contributed by atoms with van der Waals surface area (Å²) in [6, 6.07) is 6.01. The van der Waals surface area contributed by atoms with Crippen molar-refractivity contribution in [3.8, 4) is 11.4 Å². The maximum atomic E-state index is 5.31. The van der Waals surface area contributed by atoms with Crippen LogP contribution < -0.4 is 0 Å². The summed E-state index contributed by atoms with van der Waals surface area (Å²) in [4.78, 5) is 0. The van der Waals surface area contributed by atoms with E-state index in [2.05, 4.69) is 62.8 Å². The molecule has 96 valence electrons. The van der Waals surface area contributed by atoms with Crippen LogP contribution in [0.3, 0.4) is 0 Å². The average molecular weight is 391 g/mol. The number of hydrogen-bond acceptors (Lipinski definition) is 2. The molecule has 0 atom stereocenters. The molecule has 18 heavy (non-hydrogen) atoms. The van der Waals surface area contributed by atoms with Crippen molar-refractivity contribution in [3.63, 3.8) is 0 Å². The van der Waals surface area contributed by atoms with Crippen molar-refractivity contribution in [2.24, 2.45) is 0 Å². The monoisotopic (exact) mass is 389 g/mol. The van der Waals surface area contributed by atoms with Gasteiger partial charge in [0.15, 0.2) is 10.6 Å². The fourth-order valence-electron chi connectivity index (χ4n) is 1.77. The highest BCUT2D eigenvalue weighted by atomic mass is 79.9. The molecule has 1 aromatic heterocycles. The number of aromatic amines is 1. The van der Waals surface area contributed by atoms with Gasteiger partial charge in [-0.1, -0.05) is 15.9 Å². The van der Waals surface area contributed by atoms with Crippen molar-refractivity contribution in [2.45, 2.75) is 26.3 Å². The van der Waals surface area contributed by atoms with Crippen LogP contribution in [0.1, 0.15) is 20.8 Å². The Hall–Kier alpha value is -0.460. The van der Waals surface area contributed by atoms with E-state index in [0.717, 1.165) is 20.3 Å². The first kappa shape index (κ1) is 14.0. The van der Waals surface area contributed by atoms with Gasteiger partial charge in [-0.3, -0.25) is 9.67 Å². The summed E-state index contributed by atoms with van der Waals surface area (Å²) in [5.41, 5.74) is 0.895. The van der Waals surface area contributed by atoms with Gasteiger partial charge in [-0.05, 0) is 67.1 Å². The van der Waals surface area contributed by atoms with Crippen molar-refractivity contribution < 1.29 is 0 Å². The van der Waals surface area contributed by atoms with Crippen LogP contribution in [-0.4, -0.2) is 14.8 Å². The Morgan fingerprint density at radius 2 is 1.94 bits per heavy atom. The van der Waals surface area contributed by atoms with Crippen LogP contribution in [0, 0.1) is 4.77 Å². The predicted molar refractivity (Wildman–Crippen MR) is 83.2 cm³/mol. The summed E-state index contributed by atoms with van der Waals surface area (Å²) >= 11 is 12.3. The highest BCUT2D eigenvalue weighted by Crippen LogP contribution is 2.32. The zero-order valence-electron chi connectivity index (χ0n) is 10.3. The smallest absolute Gasteiger partial charge is 0.195 e. The van der Waals surface area contributed by atoms with Gasteiger partial charge >= 0.3 is 0 Å². The third-order valence-corrected chi connectivity index (χ3v) is 3.94. The van der Waals surface area contributed by atoms with E-state index in [9.17, 15) is 0 Å². The standard InChI is InChI=1S/C12H13Br2N3S/c1-12(2,3)17-10(15-16-11(17)18)8-5-4-7(13)6-9(8)14/h4-6H,1-3H3,(H,16,18). The van der Waals surface area contributed by atoms with Crippen molar-refractivity contribution in [1.82, 2.24) is 14.8 Å².